The van der Waals surface area contributed by atoms with E-state index in [1.165, 1.54) is 30.7 Å². The number of likely N-dealkylation sites (tertiary alicyclic amines) is 2. The highest BCUT2D eigenvalue weighted by atomic mass is 32.1. The van der Waals surface area contributed by atoms with Gasteiger partial charge in [-0.05, 0) is 31.6 Å². The first-order chi connectivity index (χ1) is 10.8. The number of carbonyl (C=O) groups excluding carboxylic acids is 1. The summed E-state index contributed by atoms with van der Waals surface area (Å²) in [4.78, 5) is 21.5. The zero-order valence-electron chi connectivity index (χ0n) is 12.8. The fraction of sp³-hybridized carbons (Fsp3) is 0.750. The maximum Gasteiger partial charge on any atom is 0.273 e. The van der Waals surface area contributed by atoms with Crippen molar-refractivity contribution in [3.63, 3.8) is 0 Å². The average Bonchev–Trinajstić information content (AvgIpc) is 3.26. The first kappa shape index (κ1) is 14.6. The fourth-order valence-corrected chi connectivity index (χ4v) is 4.81. The highest BCUT2D eigenvalue weighted by molar-refractivity contribution is 7.07. The molecule has 0 aliphatic carbocycles. The molecule has 5 nitrogen and oxygen atoms in total. The first-order valence-electron chi connectivity index (χ1n) is 8.34. The lowest BCUT2D eigenvalue weighted by Crippen LogP contribution is -2.41. The topological polar surface area (TPSA) is 45.7 Å². The smallest absolute Gasteiger partial charge is 0.273 e. The van der Waals surface area contributed by atoms with Crippen molar-refractivity contribution in [2.24, 2.45) is 5.92 Å². The van der Waals surface area contributed by atoms with E-state index in [4.69, 9.17) is 4.74 Å². The molecule has 4 heterocycles. The van der Waals surface area contributed by atoms with Crippen molar-refractivity contribution >= 4 is 17.2 Å². The van der Waals surface area contributed by atoms with Gasteiger partial charge >= 0.3 is 0 Å². The van der Waals surface area contributed by atoms with Crippen LogP contribution in [-0.4, -0.2) is 65.6 Å². The highest BCUT2D eigenvalue weighted by Gasteiger charge is 2.45. The number of amides is 1. The summed E-state index contributed by atoms with van der Waals surface area (Å²) in [5.74, 6) is 0.900. The monoisotopic (exact) mass is 321 g/mol. The molecule has 3 aliphatic heterocycles. The molecule has 22 heavy (non-hydrogen) atoms. The van der Waals surface area contributed by atoms with Crippen molar-refractivity contribution in [2.45, 2.75) is 37.8 Å². The van der Waals surface area contributed by atoms with E-state index in [1.807, 2.05) is 5.38 Å². The number of ether oxygens (including phenoxy) is 1. The van der Waals surface area contributed by atoms with Crippen LogP contribution in [0.5, 0.6) is 0 Å². The molecule has 120 valence electrons. The van der Waals surface area contributed by atoms with Crippen LogP contribution in [0.2, 0.25) is 0 Å². The van der Waals surface area contributed by atoms with Crippen molar-refractivity contribution in [2.75, 3.05) is 32.8 Å². The van der Waals surface area contributed by atoms with Gasteiger partial charge in [-0.3, -0.25) is 9.69 Å². The van der Waals surface area contributed by atoms with Gasteiger partial charge in [0.25, 0.3) is 5.91 Å². The Kier molecular flexibility index (Phi) is 4.15. The Morgan fingerprint density at radius 2 is 2.05 bits per heavy atom. The molecule has 6 heteroatoms. The second kappa shape index (κ2) is 6.26. The molecule has 0 radical (unpaired) electrons. The Bertz CT molecular complexity index is 515. The summed E-state index contributed by atoms with van der Waals surface area (Å²) >= 11 is 1.49. The third-order valence-corrected chi connectivity index (χ3v) is 6.02. The fourth-order valence-electron chi connectivity index (χ4n) is 4.28. The van der Waals surface area contributed by atoms with Gasteiger partial charge in [0.05, 0.1) is 5.51 Å². The molecule has 3 saturated heterocycles. The Morgan fingerprint density at radius 1 is 1.23 bits per heavy atom. The van der Waals surface area contributed by atoms with E-state index in [2.05, 4.69) is 14.8 Å². The van der Waals surface area contributed by atoms with Crippen molar-refractivity contribution in [3.8, 4) is 0 Å². The largest absolute Gasteiger partial charge is 0.381 e. The second-order valence-corrected chi connectivity index (χ2v) is 7.35. The lowest BCUT2D eigenvalue weighted by atomic mass is 9.99. The maximum atomic E-state index is 12.6. The molecule has 1 aromatic rings. The van der Waals surface area contributed by atoms with E-state index in [1.54, 1.807) is 5.51 Å². The van der Waals surface area contributed by atoms with Crippen molar-refractivity contribution in [3.05, 3.63) is 16.6 Å². The summed E-state index contributed by atoms with van der Waals surface area (Å²) in [6, 6.07) is 0.958. The summed E-state index contributed by atoms with van der Waals surface area (Å²) in [5, 5.41) is 1.87. The van der Waals surface area contributed by atoms with E-state index in [9.17, 15) is 4.79 Å². The van der Waals surface area contributed by atoms with Gasteiger partial charge < -0.3 is 9.64 Å². The van der Waals surface area contributed by atoms with E-state index >= 15 is 0 Å². The molecule has 4 rings (SSSR count). The highest BCUT2D eigenvalue weighted by Crippen LogP contribution is 2.34. The van der Waals surface area contributed by atoms with Crippen molar-refractivity contribution < 1.29 is 9.53 Å². The van der Waals surface area contributed by atoms with E-state index < -0.39 is 0 Å². The van der Waals surface area contributed by atoms with Crippen LogP contribution in [0.3, 0.4) is 0 Å². The summed E-state index contributed by atoms with van der Waals surface area (Å²) in [5.41, 5.74) is 2.36. The van der Waals surface area contributed by atoms with Gasteiger partial charge in [-0.25, -0.2) is 4.98 Å². The quantitative estimate of drug-likeness (QED) is 0.852. The van der Waals surface area contributed by atoms with Gasteiger partial charge in [0.1, 0.15) is 5.69 Å². The van der Waals surface area contributed by atoms with Crippen LogP contribution in [0.15, 0.2) is 10.9 Å². The third kappa shape index (κ3) is 2.68. The zero-order chi connectivity index (χ0) is 14.9. The van der Waals surface area contributed by atoms with E-state index in [-0.39, 0.29) is 5.91 Å². The summed E-state index contributed by atoms with van der Waals surface area (Å²) < 4.78 is 5.46. The van der Waals surface area contributed by atoms with Gasteiger partial charge in [-0.15, -0.1) is 11.3 Å². The molecule has 0 unspecified atom stereocenters. The van der Waals surface area contributed by atoms with Gasteiger partial charge in [0.15, 0.2) is 0 Å². The Morgan fingerprint density at radius 3 is 2.82 bits per heavy atom. The van der Waals surface area contributed by atoms with Crippen molar-refractivity contribution in [1.29, 1.82) is 0 Å². The van der Waals surface area contributed by atoms with Crippen LogP contribution >= 0.6 is 11.3 Å². The lowest BCUT2D eigenvalue weighted by molar-refractivity contribution is 0.0502. The van der Waals surface area contributed by atoms with Gasteiger partial charge in [-0.1, -0.05) is 0 Å². The third-order valence-electron chi connectivity index (χ3n) is 5.44. The molecule has 0 N–H and O–H groups in total. The molecule has 0 spiro atoms. The number of nitrogens with zero attached hydrogens (tertiary/aromatic N) is 3. The van der Waals surface area contributed by atoms with Crippen LogP contribution in [-0.2, 0) is 4.74 Å². The van der Waals surface area contributed by atoms with Gasteiger partial charge in [0, 0.05) is 50.3 Å². The molecule has 0 aromatic carbocycles. The first-order valence-corrected chi connectivity index (χ1v) is 9.28. The number of fused-ring (bicyclic) bond motifs is 1. The number of carbonyl (C=O) groups is 1. The van der Waals surface area contributed by atoms with Gasteiger partial charge in [-0.2, -0.15) is 0 Å². The maximum absolute atomic E-state index is 12.6. The number of rotatable bonds is 3. The molecule has 1 amide bonds. The average molecular weight is 321 g/mol. The molecule has 0 bridgehead atoms. The van der Waals surface area contributed by atoms with Crippen LogP contribution in [0.25, 0.3) is 0 Å². The minimum Gasteiger partial charge on any atom is -0.381 e. The summed E-state index contributed by atoms with van der Waals surface area (Å²) in [7, 11) is 0. The lowest BCUT2D eigenvalue weighted by Gasteiger charge is -2.30. The number of aromatic nitrogens is 1. The molecular weight excluding hydrogens is 298 g/mol. The van der Waals surface area contributed by atoms with Crippen LogP contribution in [0.4, 0.5) is 0 Å². The normalized spacial score (nSPS) is 29.9. The molecule has 1 aromatic heterocycles. The minimum atomic E-state index is 0.127. The predicted octanol–water partition coefficient (Wildman–Crippen LogP) is 1.86. The van der Waals surface area contributed by atoms with Crippen LogP contribution in [0, 0.1) is 5.92 Å². The Hall–Kier alpha value is -0.980. The Labute approximate surface area is 135 Å². The SMILES string of the molecule is O=C(c1cscn1)N1CC[C@H]2[C@H]1CCN2CC1CCOCC1. The number of hydrogen-bond acceptors (Lipinski definition) is 5. The molecule has 2 atom stereocenters. The summed E-state index contributed by atoms with van der Waals surface area (Å²) in [6.07, 6.45) is 4.61. The van der Waals surface area contributed by atoms with Crippen LogP contribution < -0.4 is 0 Å². The molecule has 3 aliphatic rings. The standard InChI is InChI=1S/C16H23N3O2S/c20-16(13-10-22-11-17-13)19-6-2-14-15(19)1-5-18(14)9-12-3-7-21-8-4-12/h10-12,14-15H,1-9H2/t14-,15+/m0/s1. The second-order valence-electron chi connectivity index (χ2n) is 6.63. The predicted molar refractivity (Wildman–Crippen MR) is 85.1 cm³/mol. The molecule has 0 saturated carbocycles. The Balaban J connectivity index is 1.39. The van der Waals surface area contributed by atoms with Crippen LogP contribution in [0.1, 0.15) is 36.2 Å². The van der Waals surface area contributed by atoms with E-state index in [0.29, 0.717) is 17.8 Å². The molecular formula is C16H23N3O2S. The minimum absolute atomic E-state index is 0.127. The molecule has 3 fully saturated rings. The summed E-state index contributed by atoms with van der Waals surface area (Å²) in [6.45, 7) is 5.04. The van der Waals surface area contributed by atoms with E-state index in [0.717, 1.165) is 45.1 Å². The van der Waals surface area contributed by atoms with Gasteiger partial charge in [0.2, 0.25) is 0 Å². The number of hydrogen-bond donors (Lipinski definition) is 0. The van der Waals surface area contributed by atoms with Crippen molar-refractivity contribution in [1.82, 2.24) is 14.8 Å². The zero-order valence-corrected chi connectivity index (χ0v) is 13.6. The number of thiazole rings is 1.